The summed E-state index contributed by atoms with van der Waals surface area (Å²) in [5.41, 5.74) is 1.92. The molecule has 3 nitrogen and oxygen atoms in total. The van der Waals surface area contributed by atoms with Crippen LogP contribution >= 0.6 is 34.5 Å². The Morgan fingerprint density at radius 3 is 2.71 bits per heavy atom. The Bertz CT molecular complexity index is 655. The molecule has 0 spiro atoms. The molecule has 0 unspecified atom stereocenters. The van der Waals surface area contributed by atoms with Crippen molar-refractivity contribution < 1.29 is 4.79 Å². The highest BCUT2D eigenvalue weighted by Crippen LogP contribution is 2.21. The van der Waals surface area contributed by atoms with Crippen LogP contribution in [0.15, 0.2) is 18.2 Å². The smallest absolute Gasteiger partial charge is 0.225 e. The Morgan fingerprint density at radius 2 is 2.10 bits per heavy atom. The lowest BCUT2D eigenvalue weighted by Gasteiger charge is -2.07. The number of benzene rings is 1. The molecule has 1 N–H and O–H groups in total. The predicted molar refractivity (Wildman–Crippen MR) is 88.5 cm³/mol. The molecule has 21 heavy (non-hydrogen) atoms. The Balaban J connectivity index is 1.83. The predicted octanol–water partition coefficient (Wildman–Crippen LogP) is 3.97. The molecule has 0 radical (unpaired) electrons. The van der Waals surface area contributed by atoms with Gasteiger partial charge in [-0.2, -0.15) is 0 Å². The van der Waals surface area contributed by atoms with E-state index in [9.17, 15) is 4.79 Å². The fraction of sp³-hybridized carbons (Fsp3) is 0.333. The lowest BCUT2D eigenvalue weighted by Crippen LogP contribution is -2.27. The van der Waals surface area contributed by atoms with Crippen LogP contribution in [0.2, 0.25) is 10.0 Å². The monoisotopic (exact) mass is 342 g/mol. The number of aryl methyl sites for hydroxylation is 2. The summed E-state index contributed by atoms with van der Waals surface area (Å²) in [5, 5.41) is 5.14. The number of halogens is 2. The summed E-state index contributed by atoms with van der Waals surface area (Å²) >= 11 is 13.5. The molecule has 0 atom stereocenters. The zero-order valence-corrected chi connectivity index (χ0v) is 14.2. The highest BCUT2D eigenvalue weighted by Gasteiger charge is 2.10. The van der Waals surface area contributed by atoms with Crippen LogP contribution in [0.5, 0.6) is 0 Å². The van der Waals surface area contributed by atoms with Crippen LogP contribution in [0.1, 0.15) is 21.1 Å². The van der Waals surface area contributed by atoms with Gasteiger partial charge >= 0.3 is 0 Å². The van der Waals surface area contributed by atoms with Gasteiger partial charge in [-0.25, -0.2) is 4.98 Å². The van der Waals surface area contributed by atoms with E-state index in [1.165, 1.54) is 0 Å². The van der Waals surface area contributed by atoms with Gasteiger partial charge in [0, 0.05) is 21.5 Å². The molecule has 112 valence electrons. The lowest BCUT2D eigenvalue weighted by atomic mass is 10.1. The Kier molecular flexibility index (Phi) is 5.62. The van der Waals surface area contributed by atoms with Gasteiger partial charge in [0.1, 0.15) is 0 Å². The molecular weight excluding hydrogens is 327 g/mol. The van der Waals surface area contributed by atoms with Crippen molar-refractivity contribution in [2.45, 2.75) is 26.7 Å². The maximum absolute atomic E-state index is 11.9. The van der Waals surface area contributed by atoms with Gasteiger partial charge in [0.05, 0.1) is 17.1 Å². The molecular formula is C15H16Cl2N2OS. The molecule has 0 aliphatic rings. The summed E-state index contributed by atoms with van der Waals surface area (Å²) < 4.78 is 0. The van der Waals surface area contributed by atoms with Gasteiger partial charge in [-0.1, -0.05) is 29.3 Å². The number of carbonyl (C=O) groups is 1. The molecule has 0 aliphatic carbocycles. The van der Waals surface area contributed by atoms with Gasteiger partial charge in [-0.3, -0.25) is 4.79 Å². The third-order valence-electron chi connectivity index (χ3n) is 3.05. The minimum absolute atomic E-state index is 0.00633. The summed E-state index contributed by atoms with van der Waals surface area (Å²) in [7, 11) is 0. The third kappa shape index (κ3) is 4.70. The standard InChI is InChI=1S/C15H16Cl2N2OS/c1-9-14(21-10(2)19-9)8-15(20)18-6-5-11-3-4-12(16)7-13(11)17/h3-4,7H,5-6,8H2,1-2H3,(H,18,20). The Labute approximate surface area is 138 Å². The molecule has 0 saturated heterocycles. The van der Waals surface area contributed by atoms with Gasteiger partial charge in [-0.05, 0) is 38.0 Å². The second-order valence-corrected chi connectivity index (χ2v) is 6.89. The number of nitrogens with zero attached hydrogens (tertiary/aromatic N) is 1. The fourth-order valence-corrected chi connectivity index (χ4v) is 3.45. The third-order valence-corrected chi connectivity index (χ3v) is 4.71. The second kappa shape index (κ2) is 7.25. The zero-order valence-electron chi connectivity index (χ0n) is 11.9. The van der Waals surface area contributed by atoms with E-state index in [2.05, 4.69) is 10.3 Å². The summed E-state index contributed by atoms with van der Waals surface area (Å²) in [6, 6.07) is 5.39. The average Bonchev–Trinajstić information content (AvgIpc) is 2.70. The molecule has 1 aromatic carbocycles. The highest BCUT2D eigenvalue weighted by molar-refractivity contribution is 7.11. The first-order valence-corrected chi connectivity index (χ1v) is 8.16. The zero-order chi connectivity index (χ0) is 15.4. The molecule has 0 bridgehead atoms. The van der Waals surface area contributed by atoms with Crippen molar-refractivity contribution in [2.24, 2.45) is 0 Å². The van der Waals surface area contributed by atoms with Gasteiger partial charge in [0.2, 0.25) is 5.91 Å². The van der Waals surface area contributed by atoms with Crippen LogP contribution in [-0.4, -0.2) is 17.4 Å². The van der Waals surface area contributed by atoms with Crippen molar-refractivity contribution in [3.8, 4) is 0 Å². The van der Waals surface area contributed by atoms with Crippen LogP contribution in [0, 0.1) is 13.8 Å². The first-order chi connectivity index (χ1) is 9.95. The number of hydrogen-bond acceptors (Lipinski definition) is 3. The summed E-state index contributed by atoms with van der Waals surface area (Å²) in [6.45, 7) is 4.43. The number of carbonyl (C=O) groups excluding carboxylic acids is 1. The number of amides is 1. The first-order valence-electron chi connectivity index (χ1n) is 6.59. The SMILES string of the molecule is Cc1nc(C)c(CC(=O)NCCc2ccc(Cl)cc2Cl)s1. The molecule has 2 aromatic rings. The molecule has 1 amide bonds. The molecule has 1 heterocycles. The molecule has 2 rings (SSSR count). The first kappa shape index (κ1) is 16.3. The summed E-state index contributed by atoms with van der Waals surface area (Å²) in [5.74, 6) is 0.00633. The van der Waals surface area contributed by atoms with Gasteiger partial charge in [-0.15, -0.1) is 11.3 Å². The van der Waals surface area contributed by atoms with Crippen molar-refractivity contribution in [1.29, 1.82) is 0 Å². The maximum Gasteiger partial charge on any atom is 0.225 e. The van der Waals surface area contributed by atoms with Crippen molar-refractivity contribution in [2.75, 3.05) is 6.54 Å². The van der Waals surface area contributed by atoms with Gasteiger partial charge in [0.15, 0.2) is 0 Å². The van der Waals surface area contributed by atoms with E-state index in [1.54, 1.807) is 23.5 Å². The van der Waals surface area contributed by atoms with E-state index in [0.29, 0.717) is 29.4 Å². The molecule has 6 heteroatoms. The van der Waals surface area contributed by atoms with Crippen molar-refractivity contribution >= 4 is 40.4 Å². The molecule has 0 aliphatic heterocycles. The number of aromatic nitrogens is 1. The number of hydrogen-bond donors (Lipinski definition) is 1. The van der Waals surface area contributed by atoms with Crippen molar-refractivity contribution in [3.05, 3.63) is 49.4 Å². The minimum atomic E-state index is 0.00633. The maximum atomic E-state index is 11.9. The Morgan fingerprint density at radius 1 is 1.33 bits per heavy atom. The summed E-state index contributed by atoms with van der Waals surface area (Å²) in [6.07, 6.45) is 1.06. The van der Waals surface area contributed by atoms with Crippen molar-refractivity contribution in [1.82, 2.24) is 10.3 Å². The minimum Gasteiger partial charge on any atom is -0.355 e. The van der Waals surface area contributed by atoms with Gasteiger partial charge < -0.3 is 5.32 Å². The highest BCUT2D eigenvalue weighted by atomic mass is 35.5. The van der Waals surface area contributed by atoms with E-state index in [0.717, 1.165) is 21.1 Å². The van der Waals surface area contributed by atoms with Crippen molar-refractivity contribution in [3.63, 3.8) is 0 Å². The molecule has 1 aromatic heterocycles. The van der Waals surface area contributed by atoms with Crippen LogP contribution < -0.4 is 5.32 Å². The van der Waals surface area contributed by atoms with E-state index >= 15 is 0 Å². The average molecular weight is 343 g/mol. The van der Waals surface area contributed by atoms with Crippen LogP contribution in [0.25, 0.3) is 0 Å². The van der Waals surface area contributed by atoms with E-state index in [-0.39, 0.29) is 5.91 Å². The second-order valence-electron chi connectivity index (χ2n) is 4.75. The molecule has 0 fully saturated rings. The van der Waals surface area contributed by atoms with E-state index in [4.69, 9.17) is 23.2 Å². The van der Waals surface area contributed by atoms with Crippen LogP contribution in [0.3, 0.4) is 0 Å². The lowest BCUT2D eigenvalue weighted by molar-refractivity contribution is -0.120. The van der Waals surface area contributed by atoms with Gasteiger partial charge in [0.25, 0.3) is 0 Å². The van der Waals surface area contributed by atoms with Crippen LogP contribution in [0.4, 0.5) is 0 Å². The Hall–Kier alpha value is -1.10. The molecule has 0 saturated carbocycles. The normalized spacial score (nSPS) is 10.7. The van der Waals surface area contributed by atoms with E-state index in [1.807, 2.05) is 19.9 Å². The largest absolute Gasteiger partial charge is 0.355 e. The number of rotatable bonds is 5. The quantitative estimate of drug-likeness (QED) is 0.893. The number of thiazole rings is 1. The van der Waals surface area contributed by atoms with Crippen LogP contribution in [-0.2, 0) is 17.6 Å². The summed E-state index contributed by atoms with van der Waals surface area (Å²) in [4.78, 5) is 17.3. The van der Waals surface area contributed by atoms with E-state index < -0.39 is 0 Å². The number of nitrogens with one attached hydrogen (secondary N) is 1. The fourth-order valence-electron chi connectivity index (χ4n) is 2.01. The topological polar surface area (TPSA) is 42.0 Å².